The molecule has 1 aliphatic rings. The number of amides is 2. The molecule has 168 valence electrons. The average Bonchev–Trinajstić information content (AvgIpc) is 3.34. The zero-order valence-electron chi connectivity index (χ0n) is 17.8. The number of carbonyl (C=O) groups excluding carboxylic acids is 2. The van der Waals surface area contributed by atoms with Crippen molar-refractivity contribution in [1.82, 2.24) is 9.46 Å². The summed E-state index contributed by atoms with van der Waals surface area (Å²) in [5.74, 6) is 0.813. The van der Waals surface area contributed by atoms with Crippen LogP contribution in [0.4, 0.5) is 11.5 Å². The monoisotopic (exact) mass is 466 g/mol. The predicted molar refractivity (Wildman–Crippen MR) is 120 cm³/mol. The summed E-state index contributed by atoms with van der Waals surface area (Å²) in [4.78, 5) is 26.5. The summed E-state index contributed by atoms with van der Waals surface area (Å²) in [5.41, 5.74) is 1.57. The van der Waals surface area contributed by atoms with Crippen LogP contribution in [0, 0.1) is 6.92 Å². The van der Waals surface area contributed by atoms with Crippen molar-refractivity contribution in [3.8, 4) is 0 Å². The van der Waals surface area contributed by atoms with Crippen molar-refractivity contribution in [2.45, 2.75) is 32.1 Å². The lowest BCUT2D eigenvalue weighted by molar-refractivity contribution is -0.116. The van der Waals surface area contributed by atoms with Gasteiger partial charge in [-0.2, -0.15) is 4.31 Å². The Morgan fingerprint density at radius 3 is 2.61 bits per heavy atom. The summed E-state index contributed by atoms with van der Waals surface area (Å²) < 4.78 is 31.8. The van der Waals surface area contributed by atoms with E-state index in [0.717, 1.165) is 11.3 Å². The van der Waals surface area contributed by atoms with Crippen LogP contribution in [0.25, 0.3) is 0 Å². The SMILES string of the molecule is CCN(CC)S(=O)(=O)c1ccc2c(c1)CCN2C(=O)CSCC(=O)Nc1cc(C)on1. The number of rotatable bonds is 9. The van der Waals surface area contributed by atoms with E-state index in [1.54, 1.807) is 49.9 Å². The van der Waals surface area contributed by atoms with Gasteiger partial charge in [0.25, 0.3) is 0 Å². The van der Waals surface area contributed by atoms with Crippen LogP contribution in [0.1, 0.15) is 25.2 Å². The molecule has 9 nitrogen and oxygen atoms in total. The molecule has 31 heavy (non-hydrogen) atoms. The zero-order valence-corrected chi connectivity index (χ0v) is 19.4. The summed E-state index contributed by atoms with van der Waals surface area (Å²) in [6.07, 6.45) is 0.597. The van der Waals surface area contributed by atoms with Crippen LogP contribution in [-0.2, 0) is 26.0 Å². The van der Waals surface area contributed by atoms with E-state index in [2.05, 4.69) is 10.5 Å². The highest BCUT2D eigenvalue weighted by Gasteiger charge is 2.28. The van der Waals surface area contributed by atoms with Crippen LogP contribution in [0.2, 0.25) is 0 Å². The lowest BCUT2D eigenvalue weighted by atomic mass is 10.2. The highest BCUT2D eigenvalue weighted by molar-refractivity contribution is 8.00. The van der Waals surface area contributed by atoms with Crippen LogP contribution in [0.15, 0.2) is 33.7 Å². The lowest BCUT2D eigenvalue weighted by Crippen LogP contribution is -2.31. The van der Waals surface area contributed by atoms with Crippen molar-refractivity contribution in [2.75, 3.05) is 41.4 Å². The van der Waals surface area contributed by atoms with Gasteiger partial charge in [0.2, 0.25) is 21.8 Å². The average molecular weight is 467 g/mol. The smallest absolute Gasteiger partial charge is 0.243 e. The zero-order chi connectivity index (χ0) is 22.6. The number of aryl methyl sites for hydroxylation is 1. The van der Waals surface area contributed by atoms with Gasteiger partial charge < -0.3 is 14.7 Å². The minimum atomic E-state index is -3.54. The van der Waals surface area contributed by atoms with Crippen molar-refractivity contribution in [2.24, 2.45) is 0 Å². The summed E-state index contributed by atoms with van der Waals surface area (Å²) >= 11 is 1.21. The highest BCUT2D eigenvalue weighted by Crippen LogP contribution is 2.31. The Bertz CT molecular complexity index is 1060. The number of fused-ring (bicyclic) bond motifs is 1. The van der Waals surface area contributed by atoms with E-state index in [0.29, 0.717) is 37.6 Å². The van der Waals surface area contributed by atoms with Crippen molar-refractivity contribution >= 4 is 45.1 Å². The molecule has 2 aromatic rings. The van der Waals surface area contributed by atoms with Crippen LogP contribution in [0.3, 0.4) is 0 Å². The van der Waals surface area contributed by atoms with E-state index in [1.807, 2.05) is 0 Å². The first-order valence-corrected chi connectivity index (χ1v) is 12.6. The molecular formula is C20H26N4O5S2. The maximum atomic E-state index is 12.7. The van der Waals surface area contributed by atoms with Crippen molar-refractivity contribution in [3.63, 3.8) is 0 Å². The van der Waals surface area contributed by atoms with Gasteiger partial charge in [-0.05, 0) is 37.1 Å². The topological polar surface area (TPSA) is 113 Å². The highest BCUT2D eigenvalue weighted by atomic mass is 32.2. The van der Waals surface area contributed by atoms with E-state index in [-0.39, 0.29) is 28.2 Å². The van der Waals surface area contributed by atoms with Crippen LogP contribution < -0.4 is 10.2 Å². The Morgan fingerprint density at radius 2 is 1.97 bits per heavy atom. The Hall–Kier alpha value is -2.37. The van der Waals surface area contributed by atoms with E-state index in [4.69, 9.17) is 4.52 Å². The third-order valence-electron chi connectivity index (χ3n) is 4.94. The Morgan fingerprint density at radius 1 is 1.23 bits per heavy atom. The van der Waals surface area contributed by atoms with Gasteiger partial charge in [-0.25, -0.2) is 8.42 Å². The fraction of sp³-hybridized carbons (Fsp3) is 0.450. The molecule has 1 aromatic carbocycles. The third kappa shape index (κ3) is 5.28. The molecule has 3 rings (SSSR count). The molecule has 1 aromatic heterocycles. The van der Waals surface area contributed by atoms with Gasteiger partial charge >= 0.3 is 0 Å². The van der Waals surface area contributed by atoms with E-state index >= 15 is 0 Å². The van der Waals surface area contributed by atoms with Crippen molar-refractivity contribution < 1.29 is 22.5 Å². The number of hydrogen-bond donors (Lipinski definition) is 1. The second-order valence-electron chi connectivity index (χ2n) is 7.04. The van der Waals surface area contributed by atoms with Gasteiger partial charge in [0.05, 0.1) is 16.4 Å². The summed E-state index contributed by atoms with van der Waals surface area (Å²) in [7, 11) is -3.54. The first-order valence-electron chi connectivity index (χ1n) is 10.0. The third-order valence-corrected chi connectivity index (χ3v) is 7.91. The number of benzene rings is 1. The summed E-state index contributed by atoms with van der Waals surface area (Å²) in [6.45, 7) is 6.64. The molecular weight excluding hydrogens is 440 g/mol. The first kappa shape index (κ1) is 23.3. The molecule has 2 amide bonds. The molecule has 0 saturated heterocycles. The maximum Gasteiger partial charge on any atom is 0.243 e. The molecule has 0 bridgehead atoms. The fourth-order valence-corrected chi connectivity index (χ4v) is 5.62. The molecule has 0 radical (unpaired) electrons. The predicted octanol–water partition coefficient (Wildman–Crippen LogP) is 2.27. The second-order valence-corrected chi connectivity index (χ2v) is 9.96. The molecule has 1 aliphatic heterocycles. The van der Waals surface area contributed by atoms with Gasteiger partial charge in [-0.1, -0.05) is 19.0 Å². The second kappa shape index (κ2) is 9.84. The minimum Gasteiger partial charge on any atom is -0.360 e. The molecule has 0 unspecified atom stereocenters. The standard InChI is InChI=1S/C20H26N4O5S2/c1-4-23(5-2)31(27,28)16-6-7-17-15(11-16)8-9-24(17)20(26)13-30-12-19(25)21-18-10-14(3)29-22-18/h6-7,10-11H,4-5,8-9,12-13H2,1-3H3,(H,21,22,25). The number of carbonyl (C=O) groups is 2. The molecule has 0 aliphatic carbocycles. The normalized spacial score (nSPS) is 13.5. The number of anilines is 2. The first-order chi connectivity index (χ1) is 14.8. The van der Waals surface area contributed by atoms with Gasteiger partial charge in [-0.15, -0.1) is 11.8 Å². The molecule has 0 atom stereocenters. The molecule has 1 N–H and O–H groups in total. The number of hydrogen-bond acceptors (Lipinski definition) is 7. The van der Waals surface area contributed by atoms with E-state index in [9.17, 15) is 18.0 Å². The quantitative estimate of drug-likeness (QED) is 0.603. The number of aromatic nitrogens is 1. The number of nitrogens with zero attached hydrogens (tertiary/aromatic N) is 3. The molecule has 0 saturated carbocycles. The summed E-state index contributed by atoms with van der Waals surface area (Å²) in [6, 6.07) is 6.53. The van der Waals surface area contributed by atoms with Gasteiger partial charge in [0.15, 0.2) is 5.82 Å². The van der Waals surface area contributed by atoms with Gasteiger partial charge in [0, 0.05) is 31.4 Å². The Balaban J connectivity index is 1.58. The van der Waals surface area contributed by atoms with Crippen LogP contribution in [0.5, 0.6) is 0 Å². The van der Waals surface area contributed by atoms with Crippen molar-refractivity contribution in [1.29, 1.82) is 0 Å². The molecule has 0 spiro atoms. The van der Waals surface area contributed by atoms with Crippen LogP contribution in [-0.4, -0.2) is 60.8 Å². The number of nitrogens with one attached hydrogen (secondary N) is 1. The molecule has 0 fully saturated rings. The largest absolute Gasteiger partial charge is 0.360 e. The van der Waals surface area contributed by atoms with Crippen molar-refractivity contribution in [3.05, 3.63) is 35.6 Å². The van der Waals surface area contributed by atoms with E-state index < -0.39 is 10.0 Å². The molecule has 11 heteroatoms. The Kier molecular flexibility index (Phi) is 7.39. The van der Waals surface area contributed by atoms with E-state index in [1.165, 1.54) is 16.1 Å². The lowest BCUT2D eigenvalue weighted by Gasteiger charge is -2.20. The number of sulfonamides is 1. The minimum absolute atomic E-state index is 0.111. The van der Waals surface area contributed by atoms with Gasteiger partial charge in [0.1, 0.15) is 5.76 Å². The number of thioether (sulfide) groups is 1. The molecule has 2 heterocycles. The maximum absolute atomic E-state index is 12.7. The Labute approximate surface area is 186 Å². The summed E-state index contributed by atoms with van der Waals surface area (Å²) in [5, 5.41) is 6.31. The van der Waals surface area contributed by atoms with Crippen LogP contribution >= 0.6 is 11.8 Å². The van der Waals surface area contributed by atoms with Gasteiger partial charge in [-0.3, -0.25) is 9.59 Å². The fourth-order valence-electron chi connectivity index (χ4n) is 3.42.